The highest BCUT2D eigenvalue weighted by Gasteiger charge is 2.09. The van der Waals surface area contributed by atoms with Crippen LogP contribution in [0, 0.1) is 19.8 Å². The number of pyridine rings is 1. The van der Waals surface area contributed by atoms with E-state index in [4.69, 9.17) is 0 Å². The topological polar surface area (TPSA) is 42.0 Å². The average molecular weight is 296 g/mol. The molecule has 1 N–H and O–H groups in total. The number of nitrogens with zero attached hydrogens (tertiary/aromatic N) is 1. The number of carbonyl (C=O) groups excluding carboxylic acids is 1. The average Bonchev–Trinajstić information content (AvgIpc) is 2.49. The van der Waals surface area contributed by atoms with Crippen LogP contribution in [0.3, 0.4) is 0 Å². The number of hydrogen-bond donors (Lipinski definition) is 1. The Bertz CT molecular complexity index is 662. The Labute approximate surface area is 132 Å². The number of aryl methyl sites for hydroxylation is 1. The molecule has 0 saturated heterocycles. The third kappa shape index (κ3) is 3.94. The van der Waals surface area contributed by atoms with Gasteiger partial charge in [-0.3, -0.25) is 9.78 Å². The zero-order valence-corrected chi connectivity index (χ0v) is 13.8. The molecule has 1 aromatic heterocycles. The van der Waals surface area contributed by atoms with E-state index >= 15 is 0 Å². The molecule has 116 valence electrons. The van der Waals surface area contributed by atoms with Gasteiger partial charge in [-0.05, 0) is 48.9 Å². The van der Waals surface area contributed by atoms with E-state index in [-0.39, 0.29) is 5.91 Å². The maximum Gasteiger partial charge on any atom is 0.252 e. The molecule has 2 aromatic rings. The van der Waals surface area contributed by atoms with E-state index in [9.17, 15) is 4.79 Å². The summed E-state index contributed by atoms with van der Waals surface area (Å²) in [7, 11) is 0. The van der Waals surface area contributed by atoms with Crippen molar-refractivity contribution in [3.63, 3.8) is 0 Å². The van der Waals surface area contributed by atoms with Crippen molar-refractivity contribution >= 4 is 5.91 Å². The van der Waals surface area contributed by atoms with Gasteiger partial charge in [-0.2, -0.15) is 0 Å². The molecule has 3 nitrogen and oxygen atoms in total. The van der Waals surface area contributed by atoms with E-state index in [0.717, 1.165) is 17.5 Å². The maximum absolute atomic E-state index is 12.2. The number of benzene rings is 1. The fourth-order valence-corrected chi connectivity index (χ4v) is 2.35. The van der Waals surface area contributed by atoms with E-state index in [2.05, 4.69) is 50.1 Å². The van der Waals surface area contributed by atoms with Crippen LogP contribution in [0.25, 0.3) is 11.1 Å². The number of amides is 1. The Morgan fingerprint density at radius 1 is 1.23 bits per heavy atom. The molecule has 0 radical (unpaired) electrons. The third-order valence-corrected chi connectivity index (χ3v) is 3.92. The predicted molar refractivity (Wildman–Crippen MR) is 90.9 cm³/mol. The zero-order chi connectivity index (χ0) is 16.1. The minimum atomic E-state index is -0.0553. The largest absolute Gasteiger partial charge is 0.352 e. The summed E-state index contributed by atoms with van der Waals surface area (Å²) in [6, 6.07) is 8.11. The molecular weight excluding hydrogens is 272 g/mol. The van der Waals surface area contributed by atoms with Gasteiger partial charge in [-0.15, -0.1) is 0 Å². The monoisotopic (exact) mass is 296 g/mol. The van der Waals surface area contributed by atoms with Crippen molar-refractivity contribution in [2.75, 3.05) is 6.54 Å². The normalized spacial score (nSPS) is 10.8. The van der Waals surface area contributed by atoms with Gasteiger partial charge in [0.05, 0.1) is 5.56 Å². The molecule has 0 unspecified atom stereocenters. The summed E-state index contributed by atoms with van der Waals surface area (Å²) in [5.41, 5.74) is 5.19. The minimum Gasteiger partial charge on any atom is -0.352 e. The first kappa shape index (κ1) is 16.2. The van der Waals surface area contributed by atoms with Crippen LogP contribution in [0.2, 0.25) is 0 Å². The summed E-state index contributed by atoms with van der Waals surface area (Å²) < 4.78 is 0. The van der Waals surface area contributed by atoms with Gasteiger partial charge in [-0.25, -0.2) is 0 Å². The van der Waals surface area contributed by atoms with Crippen LogP contribution < -0.4 is 5.32 Å². The summed E-state index contributed by atoms with van der Waals surface area (Å²) in [6.45, 7) is 9.18. The first-order chi connectivity index (χ1) is 10.5. The molecule has 1 heterocycles. The van der Waals surface area contributed by atoms with Gasteiger partial charge in [0.2, 0.25) is 0 Å². The van der Waals surface area contributed by atoms with Crippen molar-refractivity contribution in [3.05, 3.63) is 53.3 Å². The second kappa shape index (κ2) is 7.21. The van der Waals surface area contributed by atoms with Crippen LogP contribution in [0.1, 0.15) is 41.8 Å². The molecule has 1 aromatic carbocycles. The number of nitrogens with one attached hydrogen (secondary N) is 1. The first-order valence-corrected chi connectivity index (χ1v) is 7.79. The van der Waals surface area contributed by atoms with E-state index < -0.39 is 0 Å². The van der Waals surface area contributed by atoms with Crippen molar-refractivity contribution in [2.45, 2.75) is 34.1 Å². The Balaban J connectivity index is 2.20. The van der Waals surface area contributed by atoms with Gasteiger partial charge in [0.15, 0.2) is 0 Å². The highest BCUT2D eigenvalue weighted by Crippen LogP contribution is 2.25. The van der Waals surface area contributed by atoms with Gasteiger partial charge in [-0.1, -0.05) is 32.0 Å². The highest BCUT2D eigenvalue weighted by atomic mass is 16.1. The second-order valence-corrected chi connectivity index (χ2v) is 6.15. The Kier molecular flexibility index (Phi) is 5.31. The Morgan fingerprint density at radius 3 is 2.73 bits per heavy atom. The highest BCUT2D eigenvalue weighted by molar-refractivity contribution is 5.95. The van der Waals surface area contributed by atoms with Crippen molar-refractivity contribution in [2.24, 2.45) is 5.92 Å². The van der Waals surface area contributed by atoms with Gasteiger partial charge in [0.25, 0.3) is 5.91 Å². The van der Waals surface area contributed by atoms with E-state index in [1.807, 2.05) is 18.3 Å². The molecule has 0 saturated carbocycles. The van der Waals surface area contributed by atoms with Crippen molar-refractivity contribution in [1.82, 2.24) is 10.3 Å². The van der Waals surface area contributed by atoms with Crippen molar-refractivity contribution in [1.29, 1.82) is 0 Å². The summed E-state index contributed by atoms with van der Waals surface area (Å²) in [6.07, 6.45) is 4.42. The van der Waals surface area contributed by atoms with Crippen LogP contribution in [0.4, 0.5) is 0 Å². The number of carbonyl (C=O) groups is 1. The van der Waals surface area contributed by atoms with Crippen molar-refractivity contribution in [3.8, 4) is 11.1 Å². The molecule has 0 aliphatic carbocycles. The lowest BCUT2D eigenvalue weighted by atomic mass is 9.97. The minimum absolute atomic E-state index is 0.0553. The second-order valence-electron chi connectivity index (χ2n) is 6.15. The Morgan fingerprint density at radius 2 is 2.00 bits per heavy atom. The van der Waals surface area contributed by atoms with Crippen LogP contribution in [-0.4, -0.2) is 17.4 Å². The fraction of sp³-hybridized carbons (Fsp3) is 0.368. The molecule has 0 spiro atoms. The molecule has 0 bridgehead atoms. The predicted octanol–water partition coefficient (Wildman–Crippen LogP) is 4.14. The molecule has 3 heteroatoms. The SMILES string of the molecule is Cc1cccc(-c2cncc(C(=O)NCCC(C)C)c2)c1C. The molecule has 1 amide bonds. The molecule has 2 rings (SSSR count). The fourth-order valence-electron chi connectivity index (χ4n) is 2.35. The molecular formula is C19H24N2O. The van der Waals surface area contributed by atoms with E-state index in [0.29, 0.717) is 18.0 Å². The van der Waals surface area contributed by atoms with Gasteiger partial charge in [0, 0.05) is 24.5 Å². The third-order valence-electron chi connectivity index (χ3n) is 3.92. The molecule has 0 aliphatic heterocycles. The van der Waals surface area contributed by atoms with Gasteiger partial charge >= 0.3 is 0 Å². The lowest BCUT2D eigenvalue weighted by Crippen LogP contribution is -2.25. The standard InChI is InChI=1S/C19H24N2O/c1-13(2)8-9-21-19(22)17-10-16(11-20-12-17)18-7-5-6-14(3)15(18)4/h5-7,10-13H,8-9H2,1-4H3,(H,21,22). The van der Waals surface area contributed by atoms with E-state index in [1.54, 1.807) is 6.20 Å². The zero-order valence-electron chi connectivity index (χ0n) is 13.8. The first-order valence-electron chi connectivity index (χ1n) is 7.79. The molecule has 22 heavy (non-hydrogen) atoms. The smallest absolute Gasteiger partial charge is 0.252 e. The number of aromatic nitrogens is 1. The summed E-state index contributed by atoms with van der Waals surface area (Å²) in [5.74, 6) is 0.528. The van der Waals surface area contributed by atoms with Gasteiger partial charge < -0.3 is 5.32 Å². The Hall–Kier alpha value is -2.16. The van der Waals surface area contributed by atoms with Crippen LogP contribution in [0.5, 0.6) is 0 Å². The summed E-state index contributed by atoms with van der Waals surface area (Å²) in [5, 5.41) is 2.96. The van der Waals surface area contributed by atoms with Crippen LogP contribution in [0.15, 0.2) is 36.7 Å². The van der Waals surface area contributed by atoms with Crippen LogP contribution in [-0.2, 0) is 0 Å². The lowest BCUT2D eigenvalue weighted by molar-refractivity contribution is 0.0951. The van der Waals surface area contributed by atoms with E-state index in [1.165, 1.54) is 11.1 Å². The number of hydrogen-bond acceptors (Lipinski definition) is 2. The molecule has 0 aliphatic rings. The quantitative estimate of drug-likeness (QED) is 0.901. The van der Waals surface area contributed by atoms with Crippen molar-refractivity contribution < 1.29 is 4.79 Å². The lowest BCUT2D eigenvalue weighted by Gasteiger charge is -2.10. The molecule has 0 fully saturated rings. The van der Waals surface area contributed by atoms with Crippen LogP contribution >= 0.6 is 0 Å². The maximum atomic E-state index is 12.2. The summed E-state index contributed by atoms with van der Waals surface area (Å²) in [4.78, 5) is 16.4. The molecule has 0 atom stereocenters. The van der Waals surface area contributed by atoms with Gasteiger partial charge in [0.1, 0.15) is 0 Å². The summed E-state index contributed by atoms with van der Waals surface area (Å²) >= 11 is 0. The number of rotatable bonds is 5.